The molecule has 1 saturated heterocycles. The largest absolute Gasteiger partial charge is 0.480 e. The van der Waals surface area contributed by atoms with Crippen LogP contribution in [0, 0.1) is 5.92 Å². The van der Waals surface area contributed by atoms with E-state index in [1.807, 2.05) is 0 Å². The molecule has 0 saturated carbocycles. The predicted octanol–water partition coefficient (Wildman–Crippen LogP) is -0.668. The minimum Gasteiger partial charge on any atom is -0.480 e. The van der Waals surface area contributed by atoms with Crippen LogP contribution in [0.2, 0.25) is 0 Å². The molecular weight excluding hydrogens is 296 g/mol. The number of hydrogen-bond donors (Lipinski definition) is 6. The molecule has 1 rings (SSSR count). The Morgan fingerprint density at radius 1 is 1.09 bits per heavy atom. The van der Waals surface area contributed by atoms with Crippen molar-refractivity contribution in [3.05, 3.63) is 0 Å². The van der Waals surface area contributed by atoms with Gasteiger partial charge in [-0.3, -0.25) is 4.79 Å². The third-order valence-electron chi connectivity index (χ3n) is 2.73. The molecule has 0 aromatic rings. The van der Waals surface area contributed by atoms with Gasteiger partial charge in [0.05, 0.1) is 0 Å². The molecule has 1 fully saturated rings. The van der Waals surface area contributed by atoms with E-state index < -0.39 is 23.4 Å². The first-order valence-electron chi connectivity index (χ1n) is 6.82. The number of nitrogens with two attached hydrogens (primary N) is 1. The normalized spacial score (nSPS) is 14.7. The van der Waals surface area contributed by atoms with E-state index in [0.717, 1.165) is 25.4 Å². The van der Waals surface area contributed by atoms with Gasteiger partial charge in [-0.05, 0) is 52.1 Å². The average Bonchev–Trinajstić information content (AvgIpc) is 2.40. The molecular formula is C13H26N2O7. The predicted molar refractivity (Wildman–Crippen MR) is 78.5 cm³/mol. The van der Waals surface area contributed by atoms with Gasteiger partial charge in [-0.15, -0.1) is 0 Å². The minimum absolute atomic E-state index is 0.366. The fraction of sp³-hybridized carbons (Fsp3) is 0.769. The number of aliphatic hydroxyl groups is 1. The number of aliphatic carboxylic acids is 3. The van der Waals surface area contributed by atoms with E-state index in [1.165, 1.54) is 26.7 Å². The first-order valence-corrected chi connectivity index (χ1v) is 6.82. The van der Waals surface area contributed by atoms with Crippen LogP contribution in [0.25, 0.3) is 0 Å². The van der Waals surface area contributed by atoms with Crippen LogP contribution in [0.15, 0.2) is 0 Å². The summed E-state index contributed by atoms with van der Waals surface area (Å²) in [6.45, 7) is 5.53. The number of carboxylic acids is 3. The van der Waals surface area contributed by atoms with Crippen molar-refractivity contribution < 1.29 is 34.8 Å². The van der Waals surface area contributed by atoms with Gasteiger partial charge in [-0.2, -0.15) is 0 Å². The molecule has 22 heavy (non-hydrogen) atoms. The summed E-state index contributed by atoms with van der Waals surface area (Å²) in [6.07, 6.45) is 3.50. The number of carbonyl (C=O) groups is 3. The second kappa shape index (κ2) is 11.9. The van der Waals surface area contributed by atoms with E-state index in [-0.39, 0.29) is 0 Å². The van der Waals surface area contributed by atoms with Gasteiger partial charge in [0.25, 0.3) is 0 Å². The van der Waals surface area contributed by atoms with Crippen molar-refractivity contribution in [3.63, 3.8) is 0 Å². The lowest BCUT2D eigenvalue weighted by atomic mass is 9.95. The van der Waals surface area contributed by atoms with Crippen LogP contribution < -0.4 is 11.1 Å². The molecule has 0 spiro atoms. The van der Waals surface area contributed by atoms with Crippen LogP contribution >= 0.6 is 0 Å². The molecule has 1 aliphatic rings. The van der Waals surface area contributed by atoms with Gasteiger partial charge in [-0.25, -0.2) is 9.59 Å². The maximum Gasteiger partial charge on any atom is 0.414 e. The Hall–Kier alpha value is -1.71. The van der Waals surface area contributed by atoms with Crippen LogP contribution in [0.1, 0.15) is 33.1 Å². The first kappa shape index (κ1) is 22.6. The van der Waals surface area contributed by atoms with Crippen LogP contribution in [-0.2, 0) is 14.4 Å². The Balaban J connectivity index is 0. The second-order valence-corrected chi connectivity index (χ2v) is 5.34. The fourth-order valence-corrected chi connectivity index (χ4v) is 1.35. The molecule has 0 aromatic carbocycles. The molecule has 0 radical (unpaired) electrons. The van der Waals surface area contributed by atoms with Crippen LogP contribution in [0.4, 0.5) is 0 Å². The number of carboxylic acid groups (broad SMARTS) is 3. The highest BCUT2D eigenvalue weighted by atomic mass is 16.4. The Kier molecular flexibility index (Phi) is 12.2. The molecule has 130 valence electrons. The van der Waals surface area contributed by atoms with Crippen LogP contribution in [0.3, 0.4) is 0 Å². The van der Waals surface area contributed by atoms with Crippen molar-refractivity contribution in [1.82, 2.24) is 5.32 Å². The lowest BCUT2D eigenvalue weighted by Crippen LogP contribution is -2.41. The molecule has 0 atom stereocenters. The van der Waals surface area contributed by atoms with Crippen molar-refractivity contribution in [2.75, 3.05) is 19.7 Å². The number of piperidine rings is 1. The number of nitrogens with one attached hydrogen (secondary N) is 1. The SMILES string of the molecule is CC(C)(N)C(=O)O.O=C(O)C(=O)O.OCCC1CCNCC1. The quantitative estimate of drug-likeness (QED) is 0.369. The Morgan fingerprint density at radius 3 is 1.68 bits per heavy atom. The van der Waals surface area contributed by atoms with E-state index in [9.17, 15) is 4.79 Å². The van der Waals surface area contributed by atoms with E-state index in [4.69, 9.17) is 35.7 Å². The van der Waals surface area contributed by atoms with Gasteiger partial charge < -0.3 is 31.5 Å². The second-order valence-electron chi connectivity index (χ2n) is 5.34. The van der Waals surface area contributed by atoms with Crippen LogP contribution in [-0.4, -0.2) is 63.6 Å². The van der Waals surface area contributed by atoms with Crippen molar-refractivity contribution in [3.8, 4) is 0 Å². The third kappa shape index (κ3) is 14.7. The molecule has 0 unspecified atom stereocenters. The zero-order valence-electron chi connectivity index (χ0n) is 12.9. The zero-order chi connectivity index (χ0) is 17.8. The summed E-state index contributed by atoms with van der Waals surface area (Å²) in [5, 5.41) is 34.8. The molecule has 1 aliphatic heterocycles. The highest BCUT2D eigenvalue weighted by Gasteiger charge is 2.19. The van der Waals surface area contributed by atoms with E-state index >= 15 is 0 Å². The van der Waals surface area contributed by atoms with E-state index in [2.05, 4.69) is 5.32 Å². The molecule has 9 nitrogen and oxygen atoms in total. The minimum atomic E-state index is -1.82. The van der Waals surface area contributed by atoms with Gasteiger partial charge in [0.2, 0.25) is 0 Å². The van der Waals surface area contributed by atoms with E-state index in [0.29, 0.717) is 6.61 Å². The smallest absolute Gasteiger partial charge is 0.414 e. The summed E-state index contributed by atoms with van der Waals surface area (Å²) in [4.78, 5) is 28.1. The lowest BCUT2D eigenvalue weighted by Gasteiger charge is -2.21. The maximum atomic E-state index is 9.90. The van der Waals surface area contributed by atoms with Gasteiger partial charge in [0.15, 0.2) is 0 Å². The van der Waals surface area contributed by atoms with Gasteiger partial charge in [0.1, 0.15) is 5.54 Å². The number of hydrogen-bond acceptors (Lipinski definition) is 6. The third-order valence-corrected chi connectivity index (χ3v) is 2.73. The average molecular weight is 322 g/mol. The standard InChI is InChI=1S/C7H15NO.C4H9NO2.C2H2O4/c9-6-3-7-1-4-8-5-2-7;1-4(2,5)3(6)7;3-1(4)2(5)6/h7-9H,1-6H2;5H2,1-2H3,(H,6,7);(H,3,4)(H,5,6). The van der Waals surface area contributed by atoms with Crippen molar-refractivity contribution in [1.29, 1.82) is 0 Å². The molecule has 7 N–H and O–H groups in total. The Labute approximate surface area is 129 Å². The van der Waals surface area contributed by atoms with E-state index in [1.54, 1.807) is 0 Å². The lowest BCUT2D eigenvalue weighted by molar-refractivity contribution is -0.159. The highest BCUT2D eigenvalue weighted by Crippen LogP contribution is 2.14. The monoisotopic (exact) mass is 322 g/mol. The fourth-order valence-electron chi connectivity index (χ4n) is 1.35. The Bertz CT molecular complexity index is 332. The summed E-state index contributed by atoms with van der Waals surface area (Å²) < 4.78 is 0. The summed E-state index contributed by atoms with van der Waals surface area (Å²) >= 11 is 0. The van der Waals surface area contributed by atoms with Crippen molar-refractivity contribution >= 4 is 17.9 Å². The van der Waals surface area contributed by atoms with Crippen molar-refractivity contribution in [2.45, 2.75) is 38.6 Å². The van der Waals surface area contributed by atoms with Crippen molar-refractivity contribution in [2.24, 2.45) is 11.7 Å². The first-order chi connectivity index (χ1) is 10.0. The molecule has 0 aliphatic carbocycles. The number of rotatable bonds is 3. The molecule has 1 heterocycles. The van der Waals surface area contributed by atoms with Gasteiger partial charge in [-0.1, -0.05) is 0 Å². The molecule has 0 bridgehead atoms. The summed E-state index contributed by atoms with van der Waals surface area (Å²) in [7, 11) is 0. The van der Waals surface area contributed by atoms with Gasteiger partial charge in [0, 0.05) is 6.61 Å². The summed E-state index contributed by atoms with van der Waals surface area (Å²) in [5.41, 5.74) is 4.00. The Morgan fingerprint density at radius 2 is 1.45 bits per heavy atom. The topological polar surface area (TPSA) is 170 Å². The number of aliphatic hydroxyl groups excluding tert-OH is 1. The molecule has 9 heteroatoms. The van der Waals surface area contributed by atoms with Crippen LogP contribution in [0.5, 0.6) is 0 Å². The van der Waals surface area contributed by atoms with Gasteiger partial charge >= 0.3 is 17.9 Å². The molecule has 0 amide bonds. The zero-order valence-corrected chi connectivity index (χ0v) is 12.9. The highest BCUT2D eigenvalue weighted by molar-refractivity contribution is 6.27. The maximum absolute atomic E-state index is 9.90. The molecule has 0 aromatic heterocycles. The summed E-state index contributed by atoms with van der Waals surface area (Å²) in [5.74, 6) is -3.84. The summed E-state index contributed by atoms with van der Waals surface area (Å²) in [6, 6.07) is 0.